The molecule has 5 nitrogen and oxygen atoms in total. The SMILES string of the molecule is CSC(CO)C(C)NC(=O)c1cc(C)n(C)n1. The average molecular weight is 257 g/mol. The number of hydrogen-bond donors (Lipinski definition) is 2. The Morgan fingerprint density at radius 1 is 1.71 bits per heavy atom. The van der Waals surface area contributed by atoms with Crippen LogP contribution in [0.25, 0.3) is 0 Å². The Labute approximate surface area is 106 Å². The third-order valence-corrected chi connectivity index (χ3v) is 3.91. The van der Waals surface area contributed by atoms with Crippen molar-refractivity contribution in [3.8, 4) is 0 Å². The number of carbonyl (C=O) groups excluding carboxylic acids is 1. The van der Waals surface area contributed by atoms with Crippen LogP contribution in [-0.2, 0) is 7.05 Å². The quantitative estimate of drug-likeness (QED) is 0.809. The van der Waals surface area contributed by atoms with Gasteiger partial charge in [0.15, 0.2) is 0 Å². The van der Waals surface area contributed by atoms with Crippen molar-refractivity contribution in [3.05, 3.63) is 17.5 Å². The molecular formula is C11H19N3O2S. The number of aliphatic hydroxyl groups is 1. The third kappa shape index (κ3) is 3.47. The van der Waals surface area contributed by atoms with Crippen LogP contribution in [-0.4, -0.2) is 44.9 Å². The maximum absolute atomic E-state index is 11.9. The van der Waals surface area contributed by atoms with Gasteiger partial charge in [-0.25, -0.2) is 0 Å². The van der Waals surface area contributed by atoms with E-state index in [9.17, 15) is 4.79 Å². The fraction of sp³-hybridized carbons (Fsp3) is 0.636. The molecule has 96 valence electrons. The molecule has 1 aromatic heterocycles. The molecule has 0 aliphatic heterocycles. The summed E-state index contributed by atoms with van der Waals surface area (Å²) in [5, 5.41) is 16.1. The Morgan fingerprint density at radius 3 is 2.76 bits per heavy atom. The highest BCUT2D eigenvalue weighted by molar-refractivity contribution is 7.99. The van der Waals surface area contributed by atoms with Gasteiger partial charge in [0, 0.05) is 24.0 Å². The summed E-state index contributed by atoms with van der Waals surface area (Å²) in [6, 6.07) is 1.65. The van der Waals surface area contributed by atoms with Gasteiger partial charge in [0.05, 0.1) is 6.61 Å². The van der Waals surface area contributed by atoms with Gasteiger partial charge in [0.25, 0.3) is 5.91 Å². The highest BCUT2D eigenvalue weighted by Gasteiger charge is 2.19. The van der Waals surface area contributed by atoms with Crippen molar-refractivity contribution >= 4 is 17.7 Å². The van der Waals surface area contributed by atoms with Crippen molar-refractivity contribution < 1.29 is 9.90 Å². The number of rotatable bonds is 5. The average Bonchev–Trinajstić information content (AvgIpc) is 2.61. The molecule has 1 heterocycles. The number of hydrogen-bond acceptors (Lipinski definition) is 4. The molecule has 2 unspecified atom stereocenters. The summed E-state index contributed by atoms with van der Waals surface area (Å²) in [5.41, 5.74) is 1.35. The molecule has 0 spiro atoms. The maximum Gasteiger partial charge on any atom is 0.272 e. The topological polar surface area (TPSA) is 67.2 Å². The van der Waals surface area contributed by atoms with E-state index in [1.165, 1.54) is 11.8 Å². The van der Waals surface area contributed by atoms with Crippen LogP contribution < -0.4 is 5.32 Å². The van der Waals surface area contributed by atoms with Gasteiger partial charge in [-0.1, -0.05) is 0 Å². The number of amides is 1. The Kier molecular flexibility index (Phi) is 5.02. The van der Waals surface area contributed by atoms with Crippen molar-refractivity contribution in [3.63, 3.8) is 0 Å². The molecule has 0 bridgehead atoms. The third-order valence-electron chi connectivity index (χ3n) is 2.75. The van der Waals surface area contributed by atoms with Gasteiger partial charge < -0.3 is 10.4 Å². The first-order valence-corrected chi connectivity index (χ1v) is 6.73. The molecule has 0 saturated heterocycles. The van der Waals surface area contributed by atoms with Crippen molar-refractivity contribution in [2.75, 3.05) is 12.9 Å². The van der Waals surface area contributed by atoms with Gasteiger partial charge in [-0.3, -0.25) is 9.48 Å². The van der Waals surface area contributed by atoms with E-state index in [0.717, 1.165) is 5.69 Å². The Bertz CT molecular complexity index is 369. The lowest BCUT2D eigenvalue weighted by Gasteiger charge is -2.20. The smallest absolute Gasteiger partial charge is 0.272 e. The van der Waals surface area contributed by atoms with E-state index in [4.69, 9.17) is 5.11 Å². The highest BCUT2D eigenvalue weighted by atomic mass is 32.2. The lowest BCUT2D eigenvalue weighted by Crippen LogP contribution is -2.41. The first-order valence-electron chi connectivity index (χ1n) is 5.44. The van der Waals surface area contributed by atoms with Crippen LogP contribution >= 0.6 is 11.8 Å². The minimum Gasteiger partial charge on any atom is -0.395 e. The highest BCUT2D eigenvalue weighted by Crippen LogP contribution is 2.11. The van der Waals surface area contributed by atoms with Crippen molar-refractivity contribution in [1.82, 2.24) is 15.1 Å². The first kappa shape index (κ1) is 14.1. The second-order valence-electron chi connectivity index (χ2n) is 4.01. The van der Waals surface area contributed by atoms with Gasteiger partial charge >= 0.3 is 0 Å². The van der Waals surface area contributed by atoms with Crippen LogP contribution in [0, 0.1) is 6.92 Å². The number of aryl methyl sites for hydroxylation is 2. The van der Waals surface area contributed by atoms with Gasteiger partial charge in [-0.2, -0.15) is 16.9 Å². The summed E-state index contributed by atoms with van der Waals surface area (Å²) >= 11 is 1.53. The Hall–Kier alpha value is -1.01. The van der Waals surface area contributed by atoms with E-state index in [2.05, 4.69) is 10.4 Å². The molecule has 1 amide bonds. The normalized spacial score (nSPS) is 14.4. The largest absolute Gasteiger partial charge is 0.395 e. The van der Waals surface area contributed by atoms with Crippen molar-refractivity contribution in [1.29, 1.82) is 0 Å². The number of thioether (sulfide) groups is 1. The van der Waals surface area contributed by atoms with Gasteiger partial charge in [0.2, 0.25) is 0 Å². The molecule has 0 aliphatic carbocycles. The van der Waals surface area contributed by atoms with Gasteiger partial charge in [-0.05, 0) is 26.2 Å². The summed E-state index contributed by atoms with van der Waals surface area (Å²) in [7, 11) is 1.80. The van der Waals surface area contributed by atoms with Crippen LogP contribution in [0.5, 0.6) is 0 Å². The second kappa shape index (κ2) is 6.07. The van der Waals surface area contributed by atoms with E-state index < -0.39 is 0 Å². The zero-order valence-corrected chi connectivity index (χ0v) is 11.4. The van der Waals surface area contributed by atoms with E-state index in [-0.39, 0.29) is 23.8 Å². The molecule has 6 heteroatoms. The standard InChI is InChI=1S/C11H19N3O2S/c1-7-5-9(13-14(7)3)11(16)12-8(2)10(6-15)17-4/h5,8,10,15H,6H2,1-4H3,(H,12,16). The molecule has 0 aromatic carbocycles. The fourth-order valence-corrected chi connectivity index (χ4v) is 2.11. The predicted molar refractivity (Wildman–Crippen MR) is 69.3 cm³/mol. The van der Waals surface area contributed by atoms with Crippen molar-refractivity contribution in [2.45, 2.75) is 25.1 Å². The molecule has 1 aromatic rings. The van der Waals surface area contributed by atoms with Gasteiger partial charge in [-0.15, -0.1) is 0 Å². The summed E-state index contributed by atoms with van der Waals surface area (Å²) in [6.45, 7) is 3.82. The zero-order chi connectivity index (χ0) is 13.0. The molecular weight excluding hydrogens is 238 g/mol. The van der Waals surface area contributed by atoms with Crippen LogP contribution in [0.15, 0.2) is 6.07 Å². The Balaban J connectivity index is 2.66. The molecule has 2 N–H and O–H groups in total. The lowest BCUT2D eigenvalue weighted by atomic mass is 10.2. The summed E-state index contributed by atoms with van der Waals surface area (Å²) in [4.78, 5) is 11.9. The predicted octanol–water partition coefficient (Wildman–Crippen LogP) is 0.571. The van der Waals surface area contributed by atoms with Gasteiger partial charge in [0.1, 0.15) is 5.69 Å². The zero-order valence-electron chi connectivity index (χ0n) is 10.6. The van der Waals surface area contributed by atoms with E-state index in [1.54, 1.807) is 17.8 Å². The van der Waals surface area contributed by atoms with Crippen LogP contribution in [0.1, 0.15) is 23.1 Å². The van der Waals surface area contributed by atoms with Crippen LogP contribution in [0.3, 0.4) is 0 Å². The summed E-state index contributed by atoms with van der Waals surface area (Å²) < 4.78 is 1.66. The fourth-order valence-electron chi connectivity index (χ4n) is 1.48. The maximum atomic E-state index is 11.9. The minimum atomic E-state index is -0.200. The molecule has 1 rings (SSSR count). The molecule has 0 aliphatic rings. The number of aliphatic hydroxyl groups excluding tert-OH is 1. The van der Waals surface area contributed by atoms with E-state index in [0.29, 0.717) is 5.69 Å². The van der Waals surface area contributed by atoms with E-state index in [1.807, 2.05) is 20.1 Å². The molecule has 2 atom stereocenters. The van der Waals surface area contributed by atoms with Crippen LogP contribution in [0.2, 0.25) is 0 Å². The summed E-state index contributed by atoms with van der Waals surface area (Å²) in [6.07, 6.45) is 1.91. The van der Waals surface area contributed by atoms with Crippen LogP contribution in [0.4, 0.5) is 0 Å². The minimum absolute atomic E-state index is 0.00348. The monoisotopic (exact) mass is 257 g/mol. The second-order valence-corrected chi connectivity index (χ2v) is 5.09. The lowest BCUT2D eigenvalue weighted by molar-refractivity contribution is 0.0930. The molecule has 17 heavy (non-hydrogen) atoms. The Morgan fingerprint density at radius 2 is 2.35 bits per heavy atom. The van der Waals surface area contributed by atoms with E-state index >= 15 is 0 Å². The molecule has 0 fully saturated rings. The number of nitrogens with zero attached hydrogens (tertiary/aromatic N) is 2. The number of aromatic nitrogens is 2. The number of nitrogens with one attached hydrogen (secondary N) is 1. The summed E-state index contributed by atoms with van der Waals surface area (Å²) in [5.74, 6) is -0.200. The first-order chi connectivity index (χ1) is 7.99. The molecule has 0 radical (unpaired) electrons. The van der Waals surface area contributed by atoms with Crippen molar-refractivity contribution in [2.24, 2.45) is 7.05 Å². The molecule has 0 saturated carbocycles. The number of carbonyl (C=O) groups is 1.